The first-order chi connectivity index (χ1) is 15.8. The van der Waals surface area contributed by atoms with Gasteiger partial charge in [0, 0.05) is 38.8 Å². The van der Waals surface area contributed by atoms with E-state index in [4.69, 9.17) is 4.74 Å². The number of amides is 1. The van der Waals surface area contributed by atoms with Gasteiger partial charge >= 0.3 is 6.18 Å². The average Bonchev–Trinajstić information content (AvgIpc) is 2.79. The second kappa shape index (κ2) is 12.0. The predicted molar refractivity (Wildman–Crippen MR) is 120 cm³/mol. The third-order valence-electron chi connectivity index (χ3n) is 6.63. The van der Waals surface area contributed by atoms with Gasteiger partial charge in [-0.15, -0.1) is 0 Å². The molecule has 9 heteroatoms. The second-order valence-electron chi connectivity index (χ2n) is 9.12. The molecule has 1 saturated heterocycles. The van der Waals surface area contributed by atoms with Crippen molar-refractivity contribution in [1.82, 2.24) is 10.2 Å². The van der Waals surface area contributed by atoms with Crippen LogP contribution in [-0.2, 0) is 15.7 Å². The Morgan fingerprint density at radius 1 is 1.12 bits per heavy atom. The monoisotopic (exact) mass is 473 g/mol. The van der Waals surface area contributed by atoms with Gasteiger partial charge < -0.3 is 15.0 Å². The molecule has 0 atom stereocenters. The van der Waals surface area contributed by atoms with Gasteiger partial charge in [-0.3, -0.25) is 9.69 Å². The zero-order valence-electron chi connectivity index (χ0n) is 19.3. The second-order valence-corrected chi connectivity index (χ2v) is 9.12. The first-order valence-electron chi connectivity index (χ1n) is 12.0. The van der Waals surface area contributed by atoms with E-state index >= 15 is 0 Å². The number of nitrogens with zero attached hydrogens (tertiary/aromatic N) is 2. The van der Waals surface area contributed by atoms with Crippen molar-refractivity contribution in [1.29, 1.82) is 0 Å². The first-order valence-corrected chi connectivity index (χ1v) is 12.0. The number of piperazine rings is 1. The van der Waals surface area contributed by atoms with Gasteiger partial charge in [-0.1, -0.05) is 6.92 Å². The third-order valence-corrected chi connectivity index (χ3v) is 6.63. The van der Waals surface area contributed by atoms with Crippen LogP contribution >= 0.6 is 0 Å². The maximum absolute atomic E-state index is 14.2. The van der Waals surface area contributed by atoms with Crippen LogP contribution in [0.5, 0.6) is 0 Å². The Labute approximate surface area is 193 Å². The highest BCUT2D eigenvalue weighted by Gasteiger charge is 2.32. The summed E-state index contributed by atoms with van der Waals surface area (Å²) >= 11 is 0. The van der Waals surface area contributed by atoms with Gasteiger partial charge in [0.2, 0.25) is 5.91 Å². The molecule has 1 aromatic rings. The Balaban J connectivity index is 1.36. The number of alkyl halides is 3. The number of anilines is 1. The Morgan fingerprint density at radius 2 is 1.82 bits per heavy atom. The van der Waals surface area contributed by atoms with Gasteiger partial charge in [0.25, 0.3) is 0 Å². The van der Waals surface area contributed by atoms with Crippen molar-refractivity contribution < 1.29 is 27.1 Å². The molecular weight excluding hydrogens is 438 g/mol. The molecule has 186 valence electrons. The molecule has 1 N–H and O–H groups in total. The van der Waals surface area contributed by atoms with Crippen molar-refractivity contribution in [2.75, 3.05) is 50.8 Å². The SMILES string of the molecule is CCCOCC(=O)N[C@H]1CC[C@H](CCN2CCN(c3cc(C(F)(F)F)ccc3F)CC2)CC1. The van der Waals surface area contributed by atoms with E-state index in [1.807, 2.05) is 6.92 Å². The van der Waals surface area contributed by atoms with Gasteiger partial charge in [0.05, 0.1) is 11.3 Å². The minimum absolute atomic E-state index is 0.0324. The summed E-state index contributed by atoms with van der Waals surface area (Å²) in [7, 11) is 0. The molecule has 1 aliphatic heterocycles. The molecule has 1 aliphatic carbocycles. The maximum atomic E-state index is 14.2. The van der Waals surface area contributed by atoms with Crippen molar-refractivity contribution in [3.63, 3.8) is 0 Å². The molecule has 2 aliphatic rings. The van der Waals surface area contributed by atoms with Crippen LogP contribution in [0.2, 0.25) is 0 Å². The van der Waals surface area contributed by atoms with Crippen molar-refractivity contribution in [3.05, 3.63) is 29.6 Å². The van der Waals surface area contributed by atoms with Crippen LogP contribution in [0.25, 0.3) is 0 Å². The van der Waals surface area contributed by atoms with E-state index in [9.17, 15) is 22.4 Å². The molecule has 0 aromatic heterocycles. The van der Waals surface area contributed by atoms with Gasteiger partial charge in [-0.25, -0.2) is 4.39 Å². The van der Waals surface area contributed by atoms with E-state index in [0.29, 0.717) is 38.7 Å². The van der Waals surface area contributed by atoms with Gasteiger partial charge in [-0.05, 0) is 69.2 Å². The summed E-state index contributed by atoms with van der Waals surface area (Å²) in [5.74, 6) is -0.0346. The molecule has 0 bridgehead atoms. The van der Waals surface area contributed by atoms with Gasteiger partial charge in [0.15, 0.2) is 0 Å². The van der Waals surface area contributed by atoms with Gasteiger partial charge in [0.1, 0.15) is 12.4 Å². The van der Waals surface area contributed by atoms with E-state index < -0.39 is 17.6 Å². The molecular formula is C24H35F4N3O2. The lowest BCUT2D eigenvalue weighted by molar-refractivity contribution is -0.137. The smallest absolute Gasteiger partial charge is 0.372 e. The number of hydrogen-bond donors (Lipinski definition) is 1. The Hall–Kier alpha value is -1.87. The fourth-order valence-electron chi connectivity index (χ4n) is 4.68. The lowest BCUT2D eigenvalue weighted by Crippen LogP contribution is -2.47. The summed E-state index contributed by atoms with van der Waals surface area (Å²) in [6.45, 7) is 6.11. The highest BCUT2D eigenvalue weighted by atomic mass is 19.4. The Bertz CT molecular complexity index is 759. The van der Waals surface area contributed by atoms with E-state index in [0.717, 1.165) is 63.3 Å². The summed E-state index contributed by atoms with van der Waals surface area (Å²) in [5, 5.41) is 3.06. The normalized spacial score (nSPS) is 22.4. The third kappa shape index (κ3) is 7.84. The van der Waals surface area contributed by atoms with E-state index in [1.165, 1.54) is 0 Å². The molecule has 1 aromatic carbocycles. The average molecular weight is 474 g/mol. The number of benzene rings is 1. The van der Waals surface area contributed by atoms with E-state index in [2.05, 4.69) is 10.2 Å². The Morgan fingerprint density at radius 3 is 2.45 bits per heavy atom. The van der Waals surface area contributed by atoms with Crippen molar-refractivity contribution >= 4 is 11.6 Å². The van der Waals surface area contributed by atoms with Crippen LogP contribution < -0.4 is 10.2 Å². The number of halogens is 4. The van der Waals surface area contributed by atoms with E-state index in [1.54, 1.807) is 4.90 Å². The quantitative estimate of drug-likeness (QED) is 0.425. The lowest BCUT2D eigenvalue weighted by Gasteiger charge is -2.37. The van der Waals surface area contributed by atoms with Crippen LogP contribution in [-0.4, -0.2) is 62.8 Å². The number of hydrogen-bond acceptors (Lipinski definition) is 4. The summed E-state index contributed by atoms with van der Waals surface area (Å²) in [6, 6.07) is 2.83. The highest BCUT2D eigenvalue weighted by Crippen LogP contribution is 2.33. The van der Waals surface area contributed by atoms with Crippen LogP contribution in [0.1, 0.15) is 51.0 Å². The minimum atomic E-state index is -4.48. The molecule has 0 radical (unpaired) electrons. The fraction of sp³-hybridized carbons (Fsp3) is 0.708. The summed E-state index contributed by atoms with van der Waals surface area (Å²) in [4.78, 5) is 15.9. The van der Waals surface area contributed by atoms with Crippen LogP contribution in [0.4, 0.5) is 23.2 Å². The molecule has 33 heavy (non-hydrogen) atoms. The van der Waals surface area contributed by atoms with Crippen LogP contribution in [0.3, 0.4) is 0 Å². The standard InChI is InChI=1S/C24H35F4N3O2/c1-2-15-33-17-23(32)29-20-6-3-18(4-7-20)9-10-30-11-13-31(14-12-30)22-16-19(24(26,27)28)5-8-21(22)25/h5,8,16,18,20H,2-4,6-7,9-15,17H2,1H3,(H,29,32)/t18-,20-. The van der Waals surface area contributed by atoms with Crippen molar-refractivity contribution in [3.8, 4) is 0 Å². The number of ether oxygens (including phenoxy) is 1. The lowest BCUT2D eigenvalue weighted by atomic mass is 9.84. The topological polar surface area (TPSA) is 44.8 Å². The van der Waals surface area contributed by atoms with Crippen molar-refractivity contribution in [2.45, 2.75) is 57.7 Å². The summed E-state index contributed by atoms with van der Waals surface area (Å²) in [6.07, 6.45) is 1.61. The first kappa shape index (κ1) is 25.7. The molecule has 0 unspecified atom stereocenters. The maximum Gasteiger partial charge on any atom is 0.416 e. The zero-order valence-corrected chi connectivity index (χ0v) is 19.3. The molecule has 0 spiro atoms. The molecule has 1 heterocycles. The number of carbonyl (C=O) groups is 1. The molecule has 1 amide bonds. The summed E-state index contributed by atoms with van der Waals surface area (Å²) in [5.41, 5.74) is -0.786. The fourth-order valence-corrected chi connectivity index (χ4v) is 4.68. The molecule has 3 rings (SSSR count). The number of carbonyl (C=O) groups excluding carboxylic acids is 1. The zero-order chi connectivity index (χ0) is 23.8. The molecule has 5 nitrogen and oxygen atoms in total. The Kier molecular flexibility index (Phi) is 9.37. The summed E-state index contributed by atoms with van der Waals surface area (Å²) < 4.78 is 58.4. The molecule has 2 fully saturated rings. The van der Waals surface area contributed by atoms with Crippen LogP contribution in [0.15, 0.2) is 18.2 Å². The van der Waals surface area contributed by atoms with Gasteiger partial charge in [-0.2, -0.15) is 13.2 Å². The van der Waals surface area contributed by atoms with Crippen LogP contribution in [0, 0.1) is 11.7 Å². The molecule has 1 saturated carbocycles. The largest absolute Gasteiger partial charge is 0.416 e. The van der Waals surface area contributed by atoms with E-state index in [-0.39, 0.29) is 24.2 Å². The number of nitrogens with one attached hydrogen (secondary N) is 1. The minimum Gasteiger partial charge on any atom is -0.372 e. The number of rotatable bonds is 9. The predicted octanol–water partition coefficient (Wildman–Crippen LogP) is 4.46. The highest BCUT2D eigenvalue weighted by molar-refractivity contribution is 5.77. The van der Waals surface area contributed by atoms with Crippen molar-refractivity contribution in [2.24, 2.45) is 5.92 Å².